The Morgan fingerprint density at radius 1 is 1.50 bits per heavy atom. The highest BCUT2D eigenvalue weighted by atomic mass is 19.4. The first-order valence-electron chi connectivity index (χ1n) is 4.68. The predicted octanol–water partition coefficient (Wildman–Crippen LogP) is 1.86. The lowest BCUT2D eigenvalue weighted by atomic mass is 9.98. The van der Waals surface area contributed by atoms with E-state index < -0.39 is 29.9 Å². The molecule has 0 saturated carbocycles. The number of halogens is 3. The van der Waals surface area contributed by atoms with Crippen LogP contribution in [-0.4, -0.2) is 18.2 Å². The number of alkyl halides is 3. The number of carbonyl (C=O) groups excluding carboxylic acids is 1. The van der Waals surface area contributed by atoms with Gasteiger partial charge in [0.1, 0.15) is 0 Å². The molecule has 0 bridgehead atoms. The molecule has 1 aromatic carbocycles. The normalized spacial score (nSPS) is 10.9. The summed E-state index contributed by atoms with van der Waals surface area (Å²) in [5, 5.41) is 17.6. The Hall–Kier alpha value is -2.07. The maximum absolute atomic E-state index is 12.7. The number of hydrogen-bond acceptors (Lipinski definition) is 4. The molecule has 0 amide bonds. The van der Waals surface area contributed by atoms with Crippen molar-refractivity contribution in [3.8, 4) is 6.07 Å². The van der Waals surface area contributed by atoms with E-state index in [0.717, 1.165) is 13.2 Å². The minimum absolute atomic E-state index is 0.197. The van der Waals surface area contributed by atoms with Crippen molar-refractivity contribution in [2.24, 2.45) is 0 Å². The molecule has 96 valence electrons. The average Bonchev–Trinajstić information content (AvgIpc) is 2.34. The maximum Gasteiger partial charge on any atom is 0.417 e. The van der Waals surface area contributed by atoms with Crippen LogP contribution in [0.25, 0.3) is 0 Å². The summed E-state index contributed by atoms with van der Waals surface area (Å²) < 4.78 is 42.4. The van der Waals surface area contributed by atoms with Crippen molar-refractivity contribution >= 4 is 5.97 Å². The zero-order valence-electron chi connectivity index (χ0n) is 9.21. The number of nitrogens with zero attached hydrogens (tertiary/aromatic N) is 1. The first kappa shape index (κ1) is 14.0. The van der Waals surface area contributed by atoms with Crippen molar-refractivity contribution in [3.63, 3.8) is 0 Å². The van der Waals surface area contributed by atoms with Gasteiger partial charge in [0.05, 0.1) is 36.5 Å². The van der Waals surface area contributed by atoms with Gasteiger partial charge in [-0.25, -0.2) is 4.79 Å². The van der Waals surface area contributed by atoms with E-state index >= 15 is 0 Å². The lowest BCUT2D eigenvalue weighted by molar-refractivity contribution is -0.138. The number of carbonyl (C=O) groups is 1. The van der Waals surface area contributed by atoms with Crippen LogP contribution in [0.3, 0.4) is 0 Å². The molecule has 0 unspecified atom stereocenters. The van der Waals surface area contributed by atoms with Crippen molar-refractivity contribution in [2.75, 3.05) is 7.11 Å². The molecule has 7 heteroatoms. The molecule has 0 radical (unpaired) electrons. The minimum atomic E-state index is -4.78. The van der Waals surface area contributed by atoms with Crippen LogP contribution in [0.2, 0.25) is 0 Å². The van der Waals surface area contributed by atoms with E-state index in [-0.39, 0.29) is 11.1 Å². The van der Waals surface area contributed by atoms with Crippen molar-refractivity contribution in [2.45, 2.75) is 12.8 Å². The molecule has 0 aliphatic carbocycles. The van der Waals surface area contributed by atoms with Gasteiger partial charge in [-0.2, -0.15) is 18.4 Å². The number of nitriles is 1. The van der Waals surface area contributed by atoms with E-state index in [1.54, 1.807) is 6.07 Å². The summed E-state index contributed by atoms with van der Waals surface area (Å²) in [5.74, 6) is -1.19. The van der Waals surface area contributed by atoms with Gasteiger partial charge in [0, 0.05) is 0 Å². The first-order valence-corrected chi connectivity index (χ1v) is 4.68. The number of methoxy groups -OCH3 is 1. The van der Waals surface area contributed by atoms with Gasteiger partial charge in [0.15, 0.2) is 0 Å². The second kappa shape index (κ2) is 5.06. The van der Waals surface area contributed by atoms with Crippen LogP contribution in [-0.2, 0) is 17.5 Å². The van der Waals surface area contributed by atoms with Gasteiger partial charge in [0.2, 0.25) is 0 Å². The molecule has 18 heavy (non-hydrogen) atoms. The van der Waals surface area contributed by atoms with Crippen LogP contribution >= 0.6 is 0 Å². The highest BCUT2D eigenvalue weighted by molar-refractivity contribution is 5.92. The van der Waals surface area contributed by atoms with E-state index in [1.165, 1.54) is 0 Å². The molecular formula is C11H8F3NO3. The summed E-state index contributed by atoms with van der Waals surface area (Å²) in [7, 11) is 0.939. The number of rotatable bonds is 2. The zero-order valence-corrected chi connectivity index (χ0v) is 9.21. The summed E-state index contributed by atoms with van der Waals surface area (Å²) in [6.07, 6.45) is -4.78. The highest BCUT2D eigenvalue weighted by Crippen LogP contribution is 2.34. The first-order chi connectivity index (χ1) is 8.35. The van der Waals surface area contributed by atoms with Crippen LogP contribution < -0.4 is 0 Å². The summed E-state index contributed by atoms with van der Waals surface area (Å²) in [6, 6.07) is 2.95. The van der Waals surface area contributed by atoms with Crippen molar-refractivity contribution in [1.82, 2.24) is 0 Å². The number of ether oxygens (including phenoxy) is 1. The number of hydrogen-bond donors (Lipinski definition) is 1. The number of benzene rings is 1. The van der Waals surface area contributed by atoms with Gasteiger partial charge >= 0.3 is 12.1 Å². The molecule has 1 aromatic rings. The fourth-order valence-electron chi connectivity index (χ4n) is 1.39. The topological polar surface area (TPSA) is 70.3 Å². The fraction of sp³-hybridized carbons (Fsp3) is 0.273. The summed E-state index contributed by atoms with van der Waals surface area (Å²) in [6.45, 7) is -0.729. The third-order valence-electron chi connectivity index (χ3n) is 2.24. The van der Waals surface area contributed by atoms with Crippen molar-refractivity contribution in [3.05, 3.63) is 34.4 Å². The van der Waals surface area contributed by atoms with Gasteiger partial charge in [-0.3, -0.25) is 0 Å². The molecular weight excluding hydrogens is 251 g/mol. The average molecular weight is 259 g/mol. The number of esters is 1. The largest absolute Gasteiger partial charge is 0.465 e. The van der Waals surface area contributed by atoms with Crippen LogP contribution in [0, 0.1) is 11.3 Å². The Morgan fingerprint density at radius 2 is 2.11 bits per heavy atom. The Labute approximate surface area is 100 Å². The van der Waals surface area contributed by atoms with Crippen LogP contribution in [0.1, 0.15) is 27.0 Å². The third kappa shape index (κ3) is 2.60. The summed E-state index contributed by atoms with van der Waals surface area (Å²) in [5.41, 5.74) is -2.39. The van der Waals surface area contributed by atoms with Crippen molar-refractivity contribution in [1.29, 1.82) is 5.26 Å². The highest BCUT2D eigenvalue weighted by Gasteiger charge is 2.36. The molecule has 4 nitrogen and oxygen atoms in total. The Morgan fingerprint density at radius 3 is 2.50 bits per heavy atom. The molecule has 0 aliphatic heterocycles. The maximum atomic E-state index is 12.7. The van der Waals surface area contributed by atoms with Crippen LogP contribution in [0.4, 0.5) is 13.2 Å². The molecule has 0 heterocycles. The smallest absolute Gasteiger partial charge is 0.417 e. The molecule has 0 aliphatic rings. The second-order valence-corrected chi connectivity index (χ2v) is 3.31. The Kier molecular flexibility index (Phi) is 3.93. The van der Waals surface area contributed by atoms with E-state index in [0.29, 0.717) is 6.07 Å². The van der Waals surface area contributed by atoms with Gasteiger partial charge in [0.25, 0.3) is 0 Å². The van der Waals surface area contributed by atoms with Crippen LogP contribution in [0.15, 0.2) is 12.1 Å². The molecule has 1 N–H and O–H groups in total. The minimum Gasteiger partial charge on any atom is -0.465 e. The summed E-state index contributed by atoms with van der Waals surface area (Å²) >= 11 is 0. The molecule has 0 atom stereocenters. The van der Waals surface area contributed by atoms with Gasteiger partial charge in [-0.1, -0.05) is 0 Å². The summed E-state index contributed by atoms with van der Waals surface area (Å²) in [4.78, 5) is 11.3. The van der Waals surface area contributed by atoms with E-state index in [2.05, 4.69) is 4.74 Å². The second-order valence-electron chi connectivity index (χ2n) is 3.31. The van der Waals surface area contributed by atoms with Gasteiger partial charge < -0.3 is 9.84 Å². The van der Waals surface area contributed by atoms with E-state index in [9.17, 15) is 18.0 Å². The molecule has 0 saturated heterocycles. The molecule has 0 fully saturated rings. The molecule has 0 spiro atoms. The van der Waals surface area contributed by atoms with E-state index in [1.807, 2.05) is 0 Å². The standard InChI is InChI=1S/C11H8F3NO3/c1-18-10(17)8-2-6(4-15)7(5-16)3-9(8)11(12,13)14/h2-3,16H,5H2,1H3. The molecule has 1 rings (SSSR count). The third-order valence-corrected chi connectivity index (χ3v) is 2.24. The van der Waals surface area contributed by atoms with Gasteiger partial charge in [-0.05, 0) is 17.7 Å². The lowest BCUT2D eigenvalue weighted by Crippen LogP contribution is -2.15. The van der Waals surface area contributed by atoms with Crippen LogP contribution in [0.5, 0.6) is 0 Å². The Bertz CT molecular complexity index is 517. The lowest BCUT2D eigenvalue weighted by Gasteiger charge is -2.13. The predicted molar refractivity (Wildman–Crippen MR) is 53.4 cm³/mol. The van der Waals surface area contributed by atoms with E-state index in [4.69, 9.17) is 10.4 Å². The van der Waals surface area contributed by atoms with Crippen molar-refractivity contribution < 1.29 is 27.8 Å². The van der Waals surface area contributed by atoms with Gasteiger partial charge in [-0.15, -0.1) is 0 Å². The Balaban J connectivity index is 3.58. The monoisotopic (exact) mass is 259 g/mol. The molecule has 0 aromatic heterocycles. The quantitative estimate of drug-likeness (QED) is 0.823. The fourth-order valence-corrected chi connectivity index (χ4v) is 1.39. The SMILES string of the molecule is COC(=O)c1cc(C#N)c(CO)cc1C(F)(F)F. The zero-order chi connectivity index (χ0) is 13.9. The number of aliphatic hydroxyl groups is 1. The number of aliphatic hydroxyl groups excluding tert-OH is 1.